The van der Waals surface area contributed by atoms with Gasteiger partial charge in [0, 0.05) is 17.9 Å². The van der Waals surface area contributed by atoms with Gasteiger partial charge in [-0.05, 0) is 35.4 Å². The summed E-state index contributed by atoms with van der Waals surface area (Å²) in [6, 6.07) is 29.5. The minimum Gasteiger partial charge on any atom is -0.337 e. The average molecular weight is 285 g/mol. The van der Waals surface area contributed by atoms with E-state index in [9.17, 15) is 0 Å². The molecule has 0 aromatic heterocycles. The summed E-state index contributed by atoms with van der Waals surface area (Å²) < 4.78 is 0. The molecule has 0 amide bonds. The molecule has 0 aliphatic rings. The largest absolute Gasteiger partial charge is 0.337 e. The Hall–Kier alpha value is -2.80. The van der Waals surface area contributed by atoms with Gasteiger partial charge in [0.05, 0.1) is 0 Å². The Morgan fingerprint density at radius 1 is 0.682 bits per heavy atom. The van der Waals surface area contributed by atoms with Gasteiger partial charge in [0.2, 0.25) is 0 Å². The highest BCUT2D eigenvalue weighted by Gasteiger charge is 2.09. The SMILES string of the molecule is C=Cc1ccc(N(Cc2ccccc2)c2ccccc2)cc1. The molecule has 0 aliphatic heterocycles. The van der Waals surface area contributed by atoms with Gasteiger partial charge in [-0.3, -0.25) is 0 Å². The molecule has 3 aromatic rings. The van der Waals surface area contributed by atoms with E-state index in [-0.39, 0.29) is 0 Å². The lowest BCUT2D eigenvalue weighted by Gasteiger charge is -2.25. The highest BCUT2D eigenvalue weighted by Crippen LogP contribution is 2.27. The molecule has 0 spiro atoms. The summed E-state index contributed by atoms with van der Waals surface area (Å²) in [5.41, 5.74) is 4.80. The number of hydrogen-bond acceptors (Lipinski definition) is 1. The standard InChI is InChI=1S/C21H19N/c1-2-18-13-15-21(16-14-18)22(20-11-7-4-8-12-20)17-19-9-5-3-6-10-19/h2-16H,1,17H2. The molecule has 0 saturated carbocycles. The molecule has 0 bridgehead atoms. The lowest BCUT2D eigenvalue weighted by atomic mass is 10.1. The number of para-hydroxylation sites is 1. The van der Waals surface area contributed by atoms with Crippen molar-refractivity contribution in [2.24, 2.45) is 0 Å². The van der Waals surface area contributed by atoms with Crippen molar-refractivity contribution in [3.8, 4) is 0 Å². The first-order valence-electron chi connectivity index (χ1n) is 7.46. The van der Waals surface area contributed by atoms with E-state index in [1.54, 1.807) is 0 Å². The van der Waals surface area contributed by atoms with E-state index < -0.39 is 0 Å². The van der Waals surface area contributed by atoms with E-state index in [0.717, 1.165) is 12.1 Å². The predicted molar refractivity (Wildman–Crippen MR) is 95.3 cm³/mol. The van der Waals surface area contributed by atoms with Crippen molar-refractivity contribution in [3.63, 3.8) is 0 Å². The van der Waals surface area contributed by atoms with Crippen molar-refractivity contribution in [1.82, 2.24) is 0 Å². The van der Waals surface area contributed by atoms with Crippen molar-refractivity contribution in [1.29, 1.82) is 0 Å². The Morgan fingerprint density at radius 2 is 1.23 bits per heavy atom. The van der Waals surface area contributed by atoms with Gasteiger partial charge in [-0.1, -0.05) is 73.3 Å². The number of hydrogen-bond donors (Lipinski definition) is 0. The maximum atomic E-state index is 3.82. The summed E-state index contributed by atoms with van der Waals surface area (Å²) in [5.74, 6) is 0. The van der Waals surface area contributed by atoms with E-state index in [0.29, 0.717) is 0 Å². The second-order valence-corrected chi connectivity index (χ2v) is 5.20. The van der Waals surface area contributed by atoms with Gasteiger partial charge in [-0.15, -0.1) is 0 Å². The molecule has 3 rings (SSSR count). The third kappa shape index (κ3) is 3.26. The summed E-state index contributed by atoms with van der Waals surface area (Å²) in [5, 5.41) is 0. The van der Waals surface area contributed by atoms with Crippen molar-refractivity contribution >= 4 is 17.5 Å². The normalized spacial score (nSPS) is 10.2. The van der Waals surface area contributed by atoms with Gasteiger partial charge in [0.25, 0.3) is 0 Å². The molecule has 0 heterocycles. The predicted octanol–water partition coefficient (Wildman–Crippen LogP) is 5.67. The van der Waals surface area contributed by atoms with E-state index in [1.807, 2.05) is 12.1 Å². The van der Waals surface area contributed by atoms with Crippen molar-refractivity contribution in [2.45, 2.75) is 6.54 Å². The first kappa shape index (κ1) is 14.2. The maximum absolute atomic E-state index is 3.82. The first-order chi connectivity index (χ1) is 10.9. The fourth-order valence-corrected chi connectivity index (χ4v) is 2.50. The molecule has 3 aromatic carbocycles. The van der Waals surface area contributed by atoms with Crippen LogP contribution in [0.3, 0.4) is 0 Å². The van der Waals surface area contributed by atoms with Crippen LogP contribution in [0.1, 0.15) is 11.1 Å². The van der Waals surface area contributed by atoms with Gasteiger partial charge >= 0.3 is 0 Å². The Bertz CT molecular complexity index is 715. The van der Waals surface area contributed by atoms with Gasteiger partial charge in [0.15, 0.2) is 0 Å². The van der Waals surface area contributed by atoms with Crippen molar-refractivity contribution in [2.75, 3.05) is 4.90 Å². The van der Waals surface area contributed by atoms with Crippen LogP contribution in [0.4, 0.5) is 11.4 Å². The molecule has 22 heavy (non-hydrogen) atoms. The second kappa shape index (κ2) is 6.77. The number of rotatable bonds is 5. The van der Waals surface area contributed by atoms with Crippen LogP contribution in [-0.4, -0.2) is 0 Å². The molecule has 1 nitrogen and oxygen atoms in total. The maximum Gasteiger partial charge on any atom is 0.0481 e. The average Bonchev–Trinajstić information content (AvgIpc) is 2.61. The van der Waals surface area contributed by atoms with E-state index in [4.69, 9.17) is 0 Å². The van der Waals surface area contributed by atoms with Crippen LogP contribution in [0.5, 0.6) is 0 Å². The van der Waals surface area contributed by atoms with Crippen LogP contribution >= 0.6 is 0 Å². The minimum atomic E-state index is 0.846. The third-order valence-electron chi connectivity index (χ3n) is 3.69. The van der Waals surface area contributed by atoms with E-state index in [1.165, 1.54) is 16.9 Å². The fraction of sp³-hybridized carbons (Fsp3) is 0.0476. The molecule has 0 saturated heterocycles. The number of nitrogens with zero attached hydrogens (tertiary/aromatic N) is 1. The Labute approximate surface area is 132 Å². The Morgan fingerprint density at radius 3 is 1.82 bits per heavy atom. The second-order valence-electron chi connectivity index (χ2n) is 5.20. The molecule has 0 fully saturated rings. The monoisotopic (exact) mass is 285 g/mol. The molecular formula is C21H19N. The van der Waals surface area contributed by atoms with Gasteiger partial charge in [0.1, 0.15) is 0 Å². The van der Waals surface area contributed by atoms with E-state index in [2.05, 4.69) is 90.3 Å². The zero-order valence-corrected chi connectivity index (χ0v) is 12.5. The van der Waals surface area contributed by atoms with Crippen LogP contribution in [0.2, 0.25) is 0 Å². The number of benzene rings is 3. The van der Waals surface area contributed by atoms with Gasteiger partial charge < -0.3 is 4.90 Å². The van der Waals surface area contributed by atoms with Crippen molar-refractivity contribution < 1.29 is 0 Å². The zero-order chi connectivity index (χ0) is 15.2. The highest BCUT2D eigenvalue weighted by atomic mass is 15.1. The summed E-state index contributed by atoms with van der Waals surface area (Å²) in [4.78, 5) is 2.32. The first-order valence-corrected chi connectivity index (χ1v) is 7.46. The molecule has 0 radical (unpaired) electrons. The topological polar surface area (TPSA) is 3.24 Å². The Balaban J connectivity index is 1.96. The lowest BCUT2D eigenvalue weighted by molar-refractivity contribution is 0.975. The fourth-order valence-electron chi connectivity index (χ4n) is 2.50. The third-order valence-corrected chi connectivity index (χ3v) is 3.69. The molecule has 0 N–H and O–H groups in total. The van der Waals surface area contributed by atoms with Gasteiger partial charge in [-0.2, -0.15) is 0 Å². The van der Waals surface area contributed by atoms with E-state index >= 15 is 0 Å². The summed E-state index contributed by atoms with van der Waals surface area (Å²) in [7, 11) is 0. The van der Waals surface area contributed by atoms with Crippen LogP contribution in [0.25, 0.3) is 6.08 Å². The smallest absolute Gasteiger partial charge is 0.0481 e. The number of anilines is 2. The Kier molecular flexibility index (Phi) is 4.35. The van der Waals surface area contributed by atoms with Crippen LogP contribution in [0, 0.1) is 0 Å². The summed E-state index contributed by atoms with van der Waals surface area (Å²) in [6.07, 6.45) is 1.87. The van der Waals surface area contributed by atoms with Crippen LogP contribution in [-0.2, 0) is 6.54 Å². The molecule has 0 atom stereocenters. The van der Waals surface area contributed by atoms with Crippen LogP contribution < -0.4 is 4.90 Å². The molecule has 0 aliphatic carbocycles. The lowest BCUT2D eigenvalue weighted by Crippen LogP contribution is -2.16. The summed E-state index contributed by atoms with van der Waals surface area (Å²) in [6.45, 7) is 4.66. The molecule has 1 heteroatoms. The quantitative estimate of drug-likeness (QED) is 0.584. The minimum absolute atomic E-state index is 0.846. The highest BCUT2D eigenvalue weighted by molar-refractivity contribution is 5.65. The van der Waals surface area contributed by atoms with Crippen LogP contribution in [0.15, 0.2) is 91.5 Å². The van der Waals surface area contributed by atoms with Gasteiger partial charge in [-0.25, -0.2) is 0 Å². The van der Waals surface area contributed by atoms with Crippen molar-refractivity contribution in [3.05, 3.63) is 103 Å². The molecule has 0 unspecified atom stereocenters. The molecule has 108 valence electrons. The summed E-state index contributed by atoms with van der Waals surface area (Å²) >= 11 is 0. The molecular weight excluding hydrogens is 266 g/mol. The zero-order valence-electron chi connectivity index (χ0n) is 12.5.